The normalized spacial score (nSPS) is 10.2. The molecular formula is C10H17N3O. The van der Waals surface area contributed by atoms with E-state index in [1.54, 1.807) is 12.4 Å². The van der Waals surface area contributed by atoms with Crippen molar-refractivity contribution < 1.29 is 5.11 Å². The topological polar surface area (TPSA) is 49.2 Å². The van der Waals surface area contributed by atoms with Crippen molar-refractivity contribution >= 4 is 5.95 Å². The Bertz CT molecular complexity index is 255. The third kappa shape index (κ3) is 2.96. The van der Waals surface area contributed by atoms with Crippen LogP contribution in [0.2, 0.25) is 0 Å². The second kappa shape index (κ2) is 5.54. The number of aryl methyl sites for hydroxylation is 1. The number of rotatable bonds is 5. The van der Waals surface area contributed by atoms with E-state index in [9.17, 15) is 0 Å². The van der Waals surface area contributed by atoms with Gasteiger partial charge in [-0.05, 0) is 18.9 Å². The molecule has 0 aromatic carbocycles. The van der Waals surface area contributed by atoms with Crippen molar-refractivity contribution in [2.45, 2.75) is 20.3 Å². The molecule has 0 aliphatic rings. The number of hydrogen-bond acceptors (Lipinski definition) is 4. The fraction of sp³-hybridized carbons (Fsp3) is 0.600. The van der Waals surface area contributed by atoms with E-state index in [0.29, 0.717) is 12.5 Å². The van der Waals surface area contributed by atoms with Gasteiger partial charge in [0.25, 0.3) is 0 Å². The first kappa shape index (κ1) is 10.9. The predicted octanol–water partition coefficient (Wildman–Crippen LogP) is 0.994. The SMILES string of the molecule is CCCN(CCO)c1ncc(C)cn1. The molecular weight excluding hydrogens is 178 g/mol. The predicted molar refractivity (Wildman–Crippen MR) is 56.4 cm³/mol. The third-order valence-corrected chi connectivity index (χ3v) is 1.91. The molecule has 0 atom stereocenters. The Morgan fingerprint density at radius 2 is 1.93 bits per heavy atom. The Morgan fingerprint density at radius 3 is 2.43 bits per heavy atom. The highest BCUT2D eigenvalue weighted by molar-refractivity contribution is 5.29. The van der Waals surface area contributed by atoms with Gasteiger partial charge in [-0.15, -0.1) is 0 Å². The molecule has 1 N–H and O–H groups in total. The zero-order chi connectivity index (χ0) is 10.4. The van der Waals surface area contributed by atoms with Gasteiger partial charge in [0.1, 0.15) is 0 Å². The molecule has 0 radical (unpaired) electrons. The Hall–Kier alpha value is -1.16. The van der Waals surface area contributed by atoms with E-state index in [2.05, 4.69) is 16.9 Å². The fourth-order valence-corrected chi connectivity index (χ4v) is 1.25. The summed E-state index contributed by atoms with van der Waals surface area (Å²) in [5, 5.41) is 8.88. The molecule has 4 nitrogen and oxygen atoms in total. The highest BCUT2D eigenvalue weighted by Crippen LogP contribution is 2.06. The monoisotopic (exact) mass is 195 g/mol. The van der Waals surface area contributed by atoms with Crippen LogP contribution < -0.4 is 4.90 Å². The van der Waals surface area contributed by atoms with Crippen molar-refractivity contribution in [3.63, 3.8) is 0 Å². The molecule has 0 fully saturated rings. The average molecular weight is 195 g/mol. The minimum Gasteiger partial charge on any atom is -0.395 e. The van der Waals surface area contributed by atoms with E-state index in [0.717, 1.165) is 18.5 Å². The quantitative estimate of drug-likeness (QED) is 0.761. The molecule has 0 bridgehead atoms. The zero-order valence-corrected chi connectivity index (χ0v) is 8.77. The largest absolute Gasteiger partial charge is 0.395 e. The van der Waals surface area contributed by atoms with Crippen LogP contribution in [0.3, 0.4) is 0 Å². The van der Waals surface area contributed by atoms with E-state index < -0.39 is 0 Å². The average Bonchev–Trinajstić information content (AvgIpc) is 2.19. The van der Waals surface area contributed by atoms with Gasteiger partial charge in [-0.1, -0.05) is 6.92 Å². The van der Waals surface area contributed by atoms with Gasteiger partial charge in [0.05, 0.1) is 6.61 Å². The van der Waals surface area contributed by atoms with E-state index >= 15 is 0 Å². The maximum absolute atomic E-state index is 8.88. The molecule has 0 saturated carbocycles. The minimum atomic E-state index is 0.136. The van der Waals surface area contributed by atoms with Crippen LogP contribution in [-0.2, 0) is 0 Å². The van der Waals surface area contributed by atoms with Crippen molar-refractivity contribution in [2.24, 2.45) is 0 Å². The number of aliphatic hydroxyl groups is 1. The summed E-state index contributed by atoms with van der Waals surface area (Å²) in [4.78, 5) is 10.4. The molecule has 78 valence electrons. The first-order valence-corrected chi connectivity index (χ1v) is 4.92. The highest BCUT2D eigenvalue weighted by atomic mass is 16.3. The first-order valence-electron chi connectivity index (χ1n) is 4.92. The smallest absolute Gasteiger partial charge is 0.225 e. The van der Waals surface area contributed by atoms with Gasteiger partial charge in [-0.25, -0.2) is 9.97 Å². The van der Waals surface area contributed by atoms with Gasteiger partial charge >= 0.3 is 0 Å². The lowest BCUT2D eigenvalue weighted by Gasteiger charge is -2.20. The van der Waals surface area contributed by atoms with Gasteiger partial charge < -0.3 is 10.0 Å². The van der Waals surface area contributed by atoms with Gasteiger partial charge in [-0.2, -0.15) is 0 Å². The molecule has 0 spiro atoms. The molecule has 1 aromatic rings. The number of hydrogen-bond donors (Lipinski definition) is 1. The zero-order valence-electron chi connectivity index (χ0n) is 8.77. The van der Waals surface area contributed by atoms with E-state index in [-0.39, 0.29) is 6.61 Å². The van der Waals surface area contributed by atoms with Crippen LogP contribution in [-0.4, -0.2) is 34.8 Å². The lowest BCUT2D eigenvalue weighted by Crippen LogP contribution is -2.29. The second-order valence-electron chi connectivity index (χ2n) is 3.27. The molecule has 1 heterocycles. The van der Waals surface area contributed by atoms with Crippen molar-refractivity contribution in [1.29, 1.82) is 0 Å². The third-order valence-electron chi connectivity index (χ3n) is 1.91. The second-order valence-corrected chi connectivity index (χ2v) is 3.27. The molecule has 14 heavy (non-hydrogen) atoms. The van der Waals surface area contributed by atoms with Crippen LogP contribution in [0.15, 0.2) is 12.4 Å². The molecule has 0 saturated heterocycles. The summed E-state index contributed by atoms with van der Waals surface area (Å²) in [6, 6.07) is 0. The molecule has 0 unspecified atom stereocenters. The molecule has 0 aliphatic carbocycles. The van der Waals surface area contributed by atoms with Crippen LogP contribution in [0.1, 0.15) is 18.9 Å². The summed E-state index contributed by atoms with van der Waals surface area (Å²) in [6.45, 7) is 5.66. The Kier molecular flexibility index (Phi) is 4.32. The van der Waals surface area contributed by atoms with E-state index in [4.69, 9.17) is 5.11 Å². The first-order chi connectivity index (χ1) is 6.77. The minimum absolute atomic E-state index is 0.136. The van der Waals surface area contributed by atoms with Crippen LogP contribution in [0.4, 0.5) is 5.95 Å². The van der Waals surface area contributed by atoms with E-state index in [1.807, 2.05) is 11.8 Å². The summed E-state index contributed by atoms with van der Waals surface area (Å²) in [5.74, 6) is 0.700. The summed E-state index contributed by atoms with van der Waals surface area (Å²) in [5.41, 5.74) is 1.05. The number of aromatic nitrogens is 2. The van der Waals surface area contributed by atoms with Gasteiger partial charge in [0.2, 0.25) is 5.95 Å². The van der Waals surface area contributed by atoms with Crippen LogP contribution in [0.5, 0.6) is 0 Å². The molecule has 0 amide bonds. The van der Waals surface area contributed by atoms with Crippen molar-refractivity contribution in [3.05, 3.63) is 18.0 Å². The summed E-state index contributed by atoms with van der Waals surface area (Å²) in [6.07, 6.45) is 4.61. The van der Waals surface area contributed by atoms with E-state index in [1.165, 1.54) is 0 Å². The molecule has 1 rings (SSSR count). The Balaban J connectivity index is 2.71. The van der Waals surface area contributed by atoms with Crippen LogP contribution in [0.25, 0.3) is 0 Å². The summed E-state index contributed by atoms with van der Waals surface area (Å²) in [7, 11) is 0. The Labute approximate surface area is 84.6 Å². The standard InChI is InChI=1S/C10H17N3O/c1-3-4-13(5-6-14)10-11-7-9(2)8-12-10/h7-8,14H,3-6H2,1-2H3. The van der Waals surface area contributed by atoms with Crippen molar-refractivity contribution in [1.82, 2.24) is 9.97 Å². The van der Waals surface area contributed by atoms with Crippen molar-refractivity contribution in [2.75, 3.05) is 24.6 Å². The van der Waals surface area contributed by atoms with Crippen LogP contribution >= 0.6 is 0 Å². The molecule has 4 heteroatoms. The molecule has 1 aromatic heterocycles. The summed E-state index contributed by atoms with van der Waals surface area (Å²) >= 11 is 0. The number of aliphatic hydroxyl groups excluding tert-OH is 1. The van der Waals surface area contributed by atoms with Gasteiger partial charge in [0.15, 0.2) is 0 Å². The lowest BCUT2D eigenvalue weighted by atomic mass is 10.4. The van der Waals surface area contributed by atoms with Gasteiger partial charge in [-0.3, -0.25) is 0 Å². The lowest BCUT2D eigenvalue weighted by molar-refractivity contribution is 0.301. The highest BCUT2D eigenvalue weighted by Gasteiger charge is 2.06. The Morgan fingerprint density at radius 1 is 1.29 bits per heavy atom. The molecule has 0 aliphatic heterocycles. The maximum atomic E-state index is 8.88. The fourth-order valence-electron chi connectivity index (χ4n) is 1.25. The van der Waals surface area contributed by atoms with Gasteiger partial charge in [0, 0.05) is 25.5 Å². The number of anilines is 1. The summed E-state index contributed by atoms with van der Waals surface area (Å²) < 4.78 is 0. The number of nitrogens with zero attached hydrogens (tertiary/aromatic N) is 3. The van der Waals surface area contributed by atoms with Crippen LogP contribution in [0, 0.1) is 6.92 Å². The maximum Gasteiger partial charge on any atom is 0.225 e. The van der Waals surface area contributed by atoms with Crippen molar-refractivity contribution in [3.8, 4) is 0 Å².